The SMILES string of the molecule is CCOC(=O)/C=N/ON(C#N)OCN(C)C1CNCCO1. The Kier molecular flexibility index (Phi) is 8.07. The van der Waals surface area contributed by atoms with Crippen LogP contribution in [0.25, 0.3) is 0 Å². The van der Waals surface area contributed by atoms with Gasteiger partial charge in [0.1, 0.15) is 13.0 Å². The number of carbonyl (C=O) groups excluding carboxylic acids is 1. The van der Waals surface area contributed by atoms with Gasteiger partial charge in [-0.15, -0.1) is 0 Å². The van der Waals surface area contributed by atoms with E-state index in [1.165, 1.54) is 0 Å². The second-order valence-electron chi connectivity index (χ2n) is 3.97. The molecule has 0 aromatic heterocycles. The molecule has 1 aliphatic rings. The van der Waals surface area contributed by atoms with E-state index in [9.17, 15) is 4.79 Å². The summed E-state index contributed by atoms with van der Waals surface area (Å²) in [5.74, 6) is -0.672. The van der Waals surface area contributed by atoms with Crippen LogP contribution < -0.4 is 5.32 Å². The first-order valence-electron chi connectivity index (χ1n) is 6.40. The van der Waals surface area contributed by atoms with Crippen molar-refractivity contribution in [3.63, 3.8) is 0 Å². The quantitative estimate of drug-likeness (QED) is 0.151. The highest BCUT2D eigenvalue weighted by atomic mass is 17.0. The van der Waals surface area contributed by atoms with E-state index in [0.29, 0.717) is 18.4 Å². The van der Waals surface area contributed by atoms with Crippen LogP contribution in [-0.2, 0) is 24.0 Å². The van der Waals surface area contributed by atoms with Crippen molar-refractivity contribution in [3.8, 4) is 6.19 Å². The van der Waals surface area contributed by atoms with Gasteiger partial charge >= 0.3 is 5.97 Å². The summed E-state index contributed by atoms with van der Waals surface area (Å²) >= 11 is 0. The molecule has 0 amide bonds. The highest BCUT2D eigenvalue weighted by Crippen LogP contribution is 2.02. The number of morpholine rings is 1. The molecule has 0 spiro atoms. The Hall–Kier alpha value is -1.93. The standard InChI is InChI=1S/C11H19N5O5/c1-3-18-11(17)7-14-21-16(8-12)20-9-15(2)10-6-13-4-5-19-10/h7,10,13H,3-6,9H2,1-2H3/b14-7+. The van der Waals surface area contributed by atoms with Gasteiger partial charge < -0.3 is 14.8 Å². The maximum Gasteiger partial charge on any atom is 0.352 e. The molecule has 1 N–H and O–H groups in total. The molecule has 0 bridgehead atoms. The van der Waals surface area contributed by atoms with Crippen LogP contribution in [0.5, 0.6) is 0 Å². The molecule has 0 radical (unpaired) electrons. The molecule has 1 atom stereocenters. The minimum atomic E-state index is -0.672. The van der Waals surface area contributed by atoms with Crippen LogP contribution in [0.3, 0.4) is 0 Å². The second-order valence-corrected chi connectivity index (χ2v) is 3.97. The summed E-state index contributed by atoms with van der Waals surface area (Å²) in [4.78, 5) is 22.3. The molecule has 0 aromatic carbocycles. The summed E-state index contributed by atoms with van der Waals surface area (Å²) in [6, 6.07) is 0. The molecule has 118 valence electrons. The van der Waals surface area contributed by atoms with E-state index in [1.54, 1.807) is 25.1 Å². The zero-order chi connectivity index (χ0) is 15.5. The first kappa shape index (κ1) is 17.1. The van der Waals surface area contributed by atoms with Crippen LogP contribution in [0.2, 0.25) is 0 Å². The first-order chi connectivity index (χ1) is 10.2. The molecule has 1 unspecified atom stereocenters. The molecule has 1 saturated heterocycles. The lowest BCUT2D eigenvalue weighted by Crippen LogP contribution is -2.48. The van der Waals surface area contributed by atoms with Crippen LogP contribution in [-0.4, -0.2) is 68.6 Å². The molecular weight excluding hydrogens is 282 g/mol. The highest BCUT2D eigenvalue weighted by molar-refractivity contribution is 6.22. The maximum atomic E-state index is 11.0. The zero-order valence-corrected chi connectivity index (χ0v) is 12.0. The second kappa shape index (κ2) is 9.89. The van der Waals surface area contributed by atoms with Gasteiger partial charge in [0.15, 0.2) is 6.21 Å². The lowest BCUT2D eigenvalue weighted by Gasteiger charge is -2.31. The topological polar surface area (TPSA) is 109 Å². The predicted octanol–water partition coefficient (Wildman–Crippen LogP) is -0.983. The highest BCUT2D eigenvalue weighted by Gasteiger charge is 2.19. The van der Waals surface area contributed by atoms with Gasteiger partial charge in [-0.25, -0.2) is 14.6 Å². The average Bonchev–Trinajstić information content (AvgIpc) is 2.51. The third kappa shape index (κ3) is 6.87. The first-order valence-corrected chi connectivity index (χ1v) is 6.40. The van der Waals surface area contributed by atoms with Crippen LogP contribution in [0.4, 0.5) is 0 Å². The number of ether oxygens (including phenoxy) is 2. The monoisotopic (exact) mass is 301 g/mol. The number of nitrogens with one attached hydrogen (secondary N) is 1. The zero-order valence-electron chi connectivity index (χ0n) is 12.0. The van der Waals surface area contributed by atoms with Crippen molar-refractivity contribution in [2.45, 2.75) is 13.2 Å². The largest absolute Gasteiger partial charge is 0.462 e. The van der Waals surface area contributed by atoms with Gasteiger partial charge in [0.25, 0.3) is 0 Å². The van der Waals surface area contributed by atoms with Crippen LogP contribution in [0.1, 0.15) is 6.92 Å². The predicted molar refractivity (Wildman–Crippen MR) is 70.0 cm³/mol. The molecule has 21 heavy (non-hydrogen) atoms. The average molecular weight is 301 g/mol. The van der Waals surface area contributed by atoms with Gasteiger partial charge in [0.05, 0.1) is 13.2 Å². The summed E-state index contributed by atoms with van der Waals surface area (Å²) in [6.07, 6.45) is 2.26. The van der Waals surface area contributed by atoms with Crippen LogP contribution >= 0.6 is 0 Å². The van der Waals surface area contributed by atoms with Crippen molar-refractivity contribution in [1.82, 2.24) is 15.4 Å². The summed E-state index contributed by atoms with van der Waals surface area (Å²) in [6.45, 7) is 4.01. The van der Waals surface area contributed by atoms with Gasteiger partial charge in [-0.05, 0) is 14.0 Å². The van der Waals surface area contributed by atoms with Crippen molar-refractivity contribution in [2.75, 3.05) is 40.1 Å². The van der Waals surface area contributed by atoms with Crippen molar-refractivity contribution in [2.24, 2.45) is 5.16 Å². The Labute approximate surface area is 122 Å². The third-order valence-corrected chi connectivity index (χ3v) is 2.43. The molecular formula is C11H19N5O5. The fourth-order valence-electron chi connectivity index (χ4n) is 1.42. The van der Waals surface area contributed by atoms with E-state index >= 15 is 0 Å². The number of likely N-dealkylation sites (N-methyl/N-ethyl adjacent to an activating group) is 1. The van der Waals surface area contributed by atoms with Crippen molar-refractivity contribution in [3.05, 3.63) is 0 Å². The minimum absolute atomic E-state index is 0.0504. The Balaban J connectivity index is 2.27. The number of nitrogens with zero attached hydrogens (tertiary/aromatic N) is 4. The Morgan fingerprint density at radius 3 is 3.10 bits per heavy atom. The van der Waals surface area contributed by atoms with E-state index in [1.807, 2.05) is 0 Å². The smallest absolute Gasteiger partial charge is 0.352 e. The number of hydroxylamine groups is 2. The van der Waals surface area contributed by atoms with E-state index in [-0.39, 0.29) is 19.6 Å². The number of carbonyl (C=O) groups is 1. The van der Waals surface area contributed by atoms with Crippen molar-refractivity contribution < 1.29 is 24.0 Å². The summed E-state index contributed by atoms with van der Waals surface area (Å²) in [7, 11) is 1.77. The Morgan fingerprint density at radius 1 is 1.67 bits per heavy atom. The lowest BCUT2D eigenvalue weighted by molar-refractivity contribution is -0.347. The molecule has 0 aliphatic carbocycles. The van der Waals surface area contributed by atoms with Crippen molar-refractivity contribution in [1.29, 1.82) is 5.26 Å². The fraction of sp³-hybridized carbons (Fsp3) is 0.727. The molecule has 1 aliphatic heterocycles. The summed E-state index contributed by atoms with van der Waals surface area (Å²) in [5, 5.41) is 15.7. The molecule has 10 nitrogen and oxygen atoms in total. The van der Waals surface area contributed by atoms with Crippen molar-refractivity contribution >= 4 is 12.2 Å². The molecule has 0 saturated carbocycles. The molecule has 0 aromatic rings. The lowest BCUT2D eigenvalue weighted by atomic mass is 10.4. The summed E-state index contributed by atoms with van der Waals surface area (Å²) < 4.78 is 10.1. The molecule has 1 fully saturated rings. The number of esters is 1. The van der Waals surface area contributed by atoms with Crippen LogP contribution in [0.15, 0.2) is 5.16 Å². The van der Waals surface area contributed by atoms with Gasteiger partial charge in [-0.3, -0.25) is 4.90 Å². The van der Waals surface area contributed by atoms with E-state index in [4.69, 9.17) is 14.8 Å². The Morgan fingerprint density at radius 2 is 2.48 bits per heavy atom. The number of nitriles is 1. The minimum Gasteiger partial charge on any atom is -0.462 e. The van der Waals surface area contributed by atoms with Gasteiger partial charge in [-0.2, -0.15) is 5.26 Å². The molecule has 1 rings (SSSR count). The van der Waals surface area contributed by atoms with E-state index in [0.717, 1.165) is 12.8 Å². The maximum absolute atomic E-state index is 11.0. The summed E-state index contributed by atoms with van der Waals surface area (Å²) in [5.41, 5.74) is 0. The van der Waals surface area contributed by atoms with Crippen LogP contribution in [0, 0.1) is 11.5 Å². The van der Waals surface area contributed by atoms with E-state index < -0.39 is 5.97 Å². The number of oxime groups is 1. The third-order valence-electron chi connectivity index (χ3n) is 2.43. The van der Waals surface area contributed by atoms with Gasteiger partial charge in [0.2, 0.25) is 6.19 Å². The van der Waals surface area contributed by atoms with Gasteiger partial charge in [0, 0.05) is 18.3 Å². The molecule has 1 heterocycles. The number of hydrogen-bond donors (Lipinski definition) is 1. The van der Waals surface area contributed by atoms with Gasteiger partial charge in [-0.1, -0.05) is 5.16 Å². The van der Waals surface area contributed by atoms with E-state index in [2.05, 4.69) is 20.1 Å². The fourth-order valence-corrected chi connectivity index (χ4v) is 1.42. The number of hydrogen-bond acceptors (Lipinski definition) is 10. The Bertz CT molecular complexity index is 380. The normalized spacial score (nSPS) is 18.5. The molecule has 10 heteroatoms. The number of rotatable bonds is 8.